The lowest BCUT2D eigenvalue weighted by Gasteiger charge is -2.01. The van der Waals surface area contributed by atoms with E-state index in [2.05, 4.69) is 4.98 Å². The number of aliphatic carboxylic acids is 1. The molecule has 0 radical (unpaired) electrons. The van der Waals surface area contributed by atoms with Gasteiger partial charge < -0.3 is 5.11 Å². The molecule has 96 valence electrons. The quantitative estimate of drug-likeness (QED) is 0.494. The van der Waals surface area contributed by atoms with Crippen molar-refractivity contribution >= 4 is 11.8 Å². The van der Waals surface area contributed by atoms with Gasteiger partial charge in [0.25, 0.3) is 5.69 Å². The number of hydrogen-bond donors (Lipinski definition) is 1. The number of nitrogens with zero attached hydrogens (tertiary/aromatic N) is 2. The molecule has 2 aromatic rings. The van der Waals surface area contributed by atoms with Crippen LogP contribution in [0.15, 0.2) is 48.9 Å². The van der Waals surface area contributed by atoms with E-state index in [1.54, 1.807) is 17.0 Å². The third kappa shape index (κ3) is 3.45. The van der Waals surface area contributed by atoms with Gasteiger partial charge in [0.15, 0.2) is 12.7 Å². The lowest BCUT2D eigenvalue weighted by Crippen LogP contribution is -2.41. The van der Waals surface area contributed by atoms with E-state index in [1.165, 1.54) is 6.20 Å². The second-order valence-corrected chi connectivity index (χ2v) is 4.07. The first-order valence-electron chi connectivity index (χ1n) is 5.79. The van der Waals surface area contributed by atoms with Crippen molar-refractivity contribution in [1.82, 2.24) is 4.98 Å². The van der Waals surface area contributed by atoms with Crippen LogP contribution in [-0.4, -0.2) is 21.8 Å². The van der Waals surface area contributed by atoms with Crippen LogP contribution in [0.4, 0.5) is 0 Å². The normalized spacial score (nSPS) is 10.1. The molecule has 1 N–H and O–H groups in total. The number of Topliss-reactive ketones (excluding diaryl/α,β-unsaturated/α-hetero) is 1. The van der Waals surface area contributed by atoms with Gasteiger partial charge in [-0.3, -0.25) is 14.6 Å². The second kappa shape index (κ2) is 5.86. The van der Waals surface area contributed by atoms with Crippen molar-refractivity contribution in [3.05, 3.63) is 60.2 Å². The molecule has 0 aliphatic heterocycles. The number of carboxylic acids is 1. The summed E-state index contributed by atoms with van der Waals surface area (Å²) in [4.78, 5) is 26.3. The Hall–Kier alpha value is -2.56. The molecule has 0 atom stereocenters. The number of carbonyl (C=O) groups is 2. The van der Waals surface area contributed by atoms with Crippen LogP contribution in [0.2, 0.25) is 0 Å². The summed E-state index contributed by atoms with van der Waals surface area (Å²) in [5.41, 5.74) is 1.33. The molecule has 0 saturated carbocycles. The zero-order valence-electron chi connectivity index (χ0n) is 10.2. The highest BCUT2D eigenvalue weighted by molar-refractivity contribution is 6.03. The van der Waals surface area contributed by atoms with Crippen LogP contribution < -0.4 is 4.57 Å². The maximum Gasteiger partial charge on any atom is 0.311 e. The van der Waals surface area contributed by atoms with Crippen LogP contribution >= 0.6 is 0 Å². The Balaban J connectivity index is 2.26. The molecule has 2 rings (SSSR count). The van der Waals surface area contributed by atoms with Crippen LogP contribution in [0.3, 0.4) is 0 Å². The van der Waals surface area contributed by atoms with Gasteiger partial charge in [-0.05, 0) is 0 Å². The van der Waals surface area contributed by atoms with E-state index in [1.807, 2.05) is 30.3 Å². The number of aromatic nitrogens is 2. The van der Waals surface area contributed by atoms with Gasteiger partial charge in [0.2, 0.25) is 5.78 Å². The lowest BCUT2D eigenvalue weighted by molar-refractivity contribution is -0.690. The van der Waals surface area contributed by atoms with Crippen molar-refractivity contribution in [1.29, 1.82) is 0 Å². The molecule has 0 aliphatic rings. The van der Waals surface area contributed by atoms with E-state index in [4.69, 9.17) is 5.11 Å². The smallest absolute Gasteiger partial charge is 0.311 e. The number of ketones is 1. The van der Waals surface area contributed by atoms with Gasteiger partial charge in [-0.2, -0.15) is 4.57 Å². The van der Waals surface area contributed by atoms with Gasteiger partial charge in [0.05, 0.1) is 6.20 Å². The molecule has 0 spiro atoms. The minimum absolute atomic E-state index is 0.300. The van der Waals surface area contributed by atoms with E-state index < -0.39 is 18.2 Å². The zero-order valence-corrected chi connectivity index (χ0v) is 10.2. The predicted molar refractivity (Wildman–Crippen MR) is 66.6 cm³/mol. The highest BCUT2D eigenvalue weighted by Crippen LogP contribution is 2.01. The van der Waals surface area contributed by atoms with Gasteiger partial charge in [0.1, 0.15) is 12.6 Å². The Morgan fingerprint density at radius 2 is 1.95 bits per heavy atom. The Bertz CT molecular complexity index is 597. The first-order chi connectivity index (χ1) is 9.16. The molecule has 1 aromatic heterocycles. The molecule has 1 aromatic carbocycles. The van der Waals surface area contributed by atoms with E-state index in [0.29, 0.717) is 12.2 Å². The zero-order chi connectivity index (χ0) is 13.7. The van der Waals surface area contributed by atoms with E-state index >= 15 is 0 Å². The largest absolute Gasteiger partial charge is 0.481 e. The van der Waals surface area contributed by atoms with Crippen LogP contribution in [0, 0.1) is 0 Å². The number of carbonyl (C=O) groups excluding carboxylic acids is 1. The molecule has 5 heteroatoms. The molecular weight excluding hydrogens is 244 g/mol. The van der Waals surface area contributed by atoms with Gasteiger partial charge in [-0.25, -0.2) is 0 Å². The van der Waals surface area contributed by atoms with Crippen molar-refractivity contribution < 1.29 is 19.3 Å². The highest BCUT2D eigenvalue weighted by atomic mass is 16.4. The van der Waals surface area contributed by atoms with Crippen LogP contribution in [0.25, 0.3) is 0 Å². The SMILES string of the molecule is O=C(O)CC(=O)c1cncc[n+]1Cc1ccccc1. The minimum atomic E-state index is -1.14. The fourth-order valence-electron chi connectivity index (χ4n) is 1.77. The third-order valence-corrected chi connectivity index (χ3v) is 2.63. The highest BCUT2D eigenvalue weighted by Gasteiger charge is 2.21. The summed E-state index contributed by atoms with van der Waals surface area (Å²) in [7, 11) is 0. The Morgan fingerprint density at radius 1 is 1.21 bits per heavy atom. The number of rotatable bonds is 5. The molecule has 19 heavy (non-hydrogen) atoms. The summed E-state index contributed by atoms with van der Waals surface area (Å²) in [6.07, 6.45) is 4.11. The van der Waals surface area contributed by atoms with Gasteiger partial charge in [-0.15, -0.1) is 0 Å². The fourth-order valence-corrected chi connectivity index (χ4v) is 1.77. The molecule has 5 nitrogen and oxygen atoms in total. The van der Waals surface area contributed by atoms with Crippen molar-refractivity contribution in [2.45, 2.75) is 13.0 Å². The number of carboxylic acid groups (broad SMARTS) is 1. The van der Waals surface area contributed by atoms with Crippen molar-refractivity contribution in [2.75, 3.05) is 0 Å². The van der Waals surface area contributed by atoms with E-state index in [9.17, 15) is 9.59 Å². The topological polar surface area (TPSA) is 71.1 Å². The van der Waals surface area contributed by atoms with Crippen molar-refractivity contribution in [3.8, 4) is 0 Å². The molecule has 0 bridgehead atoms. The maximum atomic E-state index is 11.8. The Morgan fingerprint density at radius 3 is 2.63 bits per heavy atom. The maximum absolute atomic E-state index is 11.8. The Kier molecular flexibility index (Phi) is 3.97. The summed E-state index contributed by atoms with van der Waals surface area (Å²) in [5.74, 6) is -1.59. The average molecular weight is 257 g/mol. The molecule has 0 unspecified atom stereocenters. The molecule has 0 saturated heterocycles. The molecule has 0 fully saturated rings. The fraction of sp³-hybridized carbons (Fsp3) is 0.143. The summed E-state index contributed by atoms with van der Waals surface area (Å²) in [6.45, 7) is 0.504. The van der Waals surface area contributed by atoms with E-state index in [0.717, 1.165) is 5.56 Å². The molecular formula is C14H13N2O3+. The van der Waals surface area contributed by atoms with Gasteiger partial charge >= 0.3 is 5.97 Å². The minimum Gasteiger partial charge on any atom is -0.481 e. The number of benzene rings is 1. The summed E-state index contributed by atoms with van der Waals surface area (Å²) >= 11 is 0. The predicted octanol–water partition coefficient (Wildman–Crippen LogP) is 1.07. The number of hydrogen-bond acceptors (Lipinski definition) is 3. The van der Waals surface area contributed by atoms with Crippen molar-refractivity contribution in [2.24, 2.45) is 0 Å². The first kappa shape index (κ1) is 12.9. The standard InChI is InChI=1S/C14H12N2O3/c17-13(8-14(18)19)12-9-15-6-7-16(12)10-11-4-2-1-3-5-11/h1-7,9H,8,10H2/p+1. The molecule has 0 amide bonds. The van der Waals surface area contributed by atoms with Gasteiger partial charge in [0, 0.05) is 5.56 Å². The lowest BCUT2D eigenvalue weighted by atomic mass is 10.2. The first-order valence-corrected chi connectivity index (χ1v) is 5.79. The van der Waals surface area contributed by atoms with Crippen LogP contribution in [-0.2, 0) is 11.3 Å². The van der Waals surface area contributed by atoms with Gasteiger partial charge in [-0.1, -0.05) is 30.3 Å². The van der Waals surface area contributed by atoms with Crippen molar-refractivity contribution in [3.63, 3.8) is 0 Å². The van der Waals surface area contributed by atoms with E-state index in [-0.39, 0.29) is 0 Å². The molecule has 1 heterocycles. The third-order valence-electron chi connectivity index (χ3n) is 2.63. The summed E-state index contributed by atoms with van der Waals surface area (Å²) in [5, 5.41) is 8.68. The second-order valence-electron chi connectivity index (χ2n) is 4.07. The summed E-state index contributed by atoms with van der Waals surface area (Å²) < 4.78 is 1.70. The average Bonchev–Trinajstić information content (AvgIpc) is 2.39. The molecule has 0 aliphatic carbocycles. The van der Waals surface area contributed by atoms with Crippen LogP contribution in [0.5, 0.6) is 0 Å². The monoisotopic (exact) mass is 257 g/mol. The Labute approximate surface area is 110 Å². The van der Waals surface area contributed by atoms with Crippen LogP contribution in [0.1, 0.15) is 22.5 Å². The summed E-state index contributed by atoms with van der Waals surface area (Å²) in [6, 6.07) is 9.63.